The fourth-order valence-corrected chi connectivity index (χ4v) is 3.45. The van der Waals surface area contributed by atoms with Crippen LogP contribution < -0.4 is 0 Å². The largest absolute Gasteiger partial charge is 0.396 e. The first kappa shape index (κ1) is 18.7. The third-order valence-corrected chi connectivity index (χ3v) is 5.06. The van der Waals surface area contributed by atoms with Gasteiger partial charge in [-0.2, -0.15) is 0 Å². The highest BCUT2D eigenvalue weighted by molar-refractivity contribution is 5.76. The minimum Gasteiger partial charge on any atom is -0.396 e. The molecule has 0 saturated carbocycles. The van der Waals surface area contributed by atoms with Crippen LogP contribution in [-0.4, -0.2) is 40.8 Å². The maximum absolute atomic E-state index is 12.6. The van der Waals surface area contributed by atoms with E-state index >= 15 is 0 Å². The molecule has 0 spiro atoms. The molecule has 1 saturated heterocycles. The van der Waals surface area contributed by atoms with Gasteiger partial charge in [-0.25, -0.2) is 0 Å². The van der Waals surface area contributed by atoms with E-state index in [0.717, 1.165) is 42.8 Å². The number of carbonyl (C=O) groups is 1. The van der Waals surface area contributed by atoms with Gasteiger partial charge in [0.25, 0.3) is 0 Å². The Balaban J connectivity index is 1.97. The Morgan fingerprint density at radius 2 is 2.17 bits per heavy atom. The molecule has 2 rings (SSSR count). The number of hydrogen-bond acceptors (Lipinski definition) is 4. The smallest absolute Gasteiger partial charge is 0.222 e. The van der Waals surface area contributed by atoms with E-state index in [1.54, 1.807) is 0 Å². The predicted octanol–water partition coefficient (Wildman–Crippen LogP) is 3.18. The van der Waals surface area contributed by atoms with Gasteiger partial charge in [0.1, 0.15) is 5.76 Å². The zero-order valence-corrected chi connectivity index (χ0v) is 15.4. The van der Waals surface area contributed by atoms with E-state index in [0.29, 0.717) is 19.4 Å². The van der Waals surface area contributed by atoms with Gasteiger partial charge >= 0.3 is 0 Å². The number of hydrogen-bond donors (Lipinski definition) is 1. The van der Waals surface area contributed by atoms with Crippen molar-refractivity contribution >= 4 is 5.91 Å². The number of piperidine rings is 1. The van der Waals surface area contributed by atoms with E-state index in [9.17, 15) is 9.90 Å². The Labute approximate surface area is 144 Å². The molecule has 1 aromatic rings. The summed E-state index contributed by atoms with van der Waals surface area (Å²) in [5.41, 5.74) is 2.98. The molecule has 2 heterocycles. The number of likely N-dealkylation sites (tertiary alicyclic amines) is 1. The Bertz CT molecular complexity index is 582. The average molecular weight is 334 g/mol. The Morgan fingerprint density at radius 1 is 1.42 bits per heavy atom. The SMILES string of the molecule is CC(C)=CC[C@]1(CO)CCCN(C(=O)CCc2c(C)noc2C)C1. The lowest BCUT2D eigenvalue weighted by Crippen LogP contribution is -2.47. The molecule has 0 unspecified atom stereocenters. The molecule has 1 aliphatic heterocycles. The molecule has 5 nitrogen and oxygen atoms in total. The highest BCUT2D eigenvalue weighted by Crippen LogP contribution is 2.34. The zero-order valence-electron chi connectivity index (χ0n) is 15.4. The summed E-state index contributed by atoms with van der Waals surface area (Å²) < 4.78 is 5.16. The van der Waals surface area contributed by atoms with Crippen LogP contribution in [0.2, 0.25) is 0 Å². The van der Waals surface area contributed by atoms with Gasteiger partial charge in [-0.05, 0) is 53.4 Å². The molecule has 0 aliphatic carbocycles. The Kier molecular flexibility index (Phi) is 6.21. The molecule has 24 heavy (non-hydrogen) atoms. The third-order valence-electron chi connectivity index (χ3n) is 5.06. The van der Waals surface area contributed by atoms with Gasteiger partial charge in [-0.1, -0.05) is 16.8 Å². The summed E-state index contributed by atoms with van der Waals surface area (Å²) in [7, 11) is 0. The summed E-state index contributed by atoms with van der Waals surface area (Å²) >= 11 is 0. The van der Waals surface area contributed by atoms with Crippen molar-refractivity contribution in [1.82, 2.24) is 10.1 Å². The summed E-state index contributed by atoms with van der Waals surface area (Å²) in [6.07, 6.45) is 6.06. The van der Waals surface area contributed by atoms with Gasteiger partial charge in [0.05, 0.1) is 12.3 Å². The van der Waals surface area contributed by atoms with E-state index in [-0.39, 0.29) is 17.9 Å². The number of aliphatic hydroxyl groups is 1. The van der Waals surface area contributed by atoms with Crippen molar-refractivity contribution in [2.75, 3.05) is 19.7 Å². The van der Waals surface area contributed by atoms with Crippen LogP contribution in [0, 0.1) is 19.3 Å². The fraction of sp³-hybridized carbons (Fsp3) is 0.684. The maximum Gasteiger partial charge on any atom is 0.222 e. The normalized spacial score (nSPS) is 21.0. The summed E-state index contributed by atoms with van der Waals surface area (Å²) in [5.74, 6) is 0.955. The number of nitrogens with zero attached hydrogens (tertiary/aromatic N) is 2. The molecule has 0 bridgehead atoms. The molecule has 0 radical (unpaired) electrons. The number of allylic oxidation sites excluding steroid dienone is 2. The van der Waals surface area contributed by atoms with Crippen molar-refractivity contribution in [3.05, 3.63) is 28.7 Å². The van der Waals surface area contributed by atoms with E-state index in [2.05, 4.69) is 25.1 Å². The number of aromatic nitrogens is 1. The first-order valence-corrected chi connectivity index (χ1v) is 8.80. The first-order chi connectivity index (χ1) is 11.4. The number of rotatable bonds is 6. The molecule has 5 heteroatoms. The quantitative estimate of drug-likeness (QED) is 0.811. The average Bonchev–Trinajstić information content (AvgIpc) is 2.89. The highest BCUT2D eigenvalue weighted by Gasteiger charge is 2.35. The van der Waals surface area contributed by atoms with E-state index in [4.69, 9.17) is 4.52 Å². The Morgan fingerprint density at radius 3 is 2.75 bits per heavy atom. The molecule has 1 aromatic heterocycles. The third kappa shape index (κ3) is 4.47. The topological polar surface area (TPSA) is 66.6 Å². The van der Waals surface area contributed by atoms with Crippen LogP contribution in [0.25, 0.3) is 0 Å². The first-order valence-electron chi connectivity index (χ1n) is 8.80. The maximum atomic E-state index is 12.6. The van der Waals surface area contributed by atoms with E-state index in [1.807, 2.05) is 18.7 Å². The lowest BCUT2D eigenvalue weighted by atomic mass is 9.77. The van der Waals surface area contributed by atoms with Gasteiger partial charge in [0.15, 0.2) is 0 Å². The van der Waals surface area contributed by atoms with Gasteiger partial charge < -0.3 is 14.5 Å². The van der Waals surface area contributed by atoms with Gasteiger partial charge in [0.2, 0.25) is 5.91 Å². The van der Waals surface area contributed by atoms with E-state index in [1.165, 1.54) is 5.57 Å². The second-order valence-corrected chi connectivity index (χ2v) is 7.37. The number of aryl methyl sites for hydroxylation is 2. The van der Waals surface area contributed by atoms with Crippen molar-refractivity contribution in [3.63, 3.8) is 0 Å². The lowest BCUT2D eigenvalue weighted by Gasteiger charge is -2.41. The highest BCUT2D eigenvalue weighted by atomic mass is 16.5. The van der Waals surface area contributed by atoms with Crippen molar-refractivity contribution in [2.24, 2.45) is 5.41 Å². The van der Waals surface area contributed by atoms with Gasteiger partial charge in [-0.3, -0.25) is 4.79 Å². The van der Waals surface area contributed by atoms with Gasteiger partial charge in [0, 0.05) is 30.5 Å². The fourth-order valence-electron chi connectivity index (χ4n) is 3.45. The Hall–Kier alpha value is -1.62. The summed E-state index contributed by atoms with van der Waals surface area (Å²) in [5, 5.41) is 13.9. The van der Waals surface area contributed by atoms with Crippen molar-refractivity contribution in [1.29, 1.82) is 0 Å². The van der Waals surface area contributed by atoms with Crippen LogP contribution in [0.5, 0.6) is 0 Å². The molecular formula is C19H30N2O3. The van der Waals surface area contributed by atoms with Crippen LogP contribution in [0.15, 0.2) is 16.2 Å². The standard InChI is InChI=1S/C19H30N2O3/c1-14(2)8-10-19(13-22)9-5-11-21(12-19)18(23)7-6-17-15(3)20-24-16(17)4/h8,22H,5-7,9-13H2,1-4H3/t19-/m1/s1. The molecule has 1 fully saturated rings. The van der Waals surface area contributed by atoms with Crippen LogP contribution >= 0.6 is 0 Å². The molecule has 1 atom stereocenters. The van der Waals surface area contributed by atoms with Crippen LogP contribution in [0.1, 0.15) is 56.5 Å². The van der Waals surface area contributed by atoms with Crippen molar-refractivity contribution in [3.8, 4) is 0 Å². The summed E-state index contributed by atoms with van der Waals surface area (Å²) in [6.45, 7) is 9.50. The molecule has 1 amide bonds. The summed E-state index contributed by atoms with van der Waals surface area (Å²) in [4.78, 5) is 14.6. The molecule has 1 aliphatic rings. The number of aliphatic hydroxyl groups excluding tert-OH is 1. The minimum atomic E-state index is -0.186. The van der Waals surface area contributed by atoms with Crippen molar-refractivity contribution in [2.45, 2.75) is 59.8 Å². The molecule has 1 N–H and O–H groups in total. The zero-order chi connectivity index (χ0) is 17.7. The predicted molar refractivity (Wildman–Crippen MR) is 93.7 cm³/mol. The molecular weight excluding hydrogens is 304 g/mol. The van der Waals surface area contributed by atoms with E-state index < -0.39 is 0 Å². The van der Waals surface area contributed by atoms with Crippen LogP contribution in [0.3, 0.4) is 0 Å². The molecule has 0 aromatic carbocycles. The van der Waals surface area contributed by atoms with Gasteiger partial charge in [-0.15, -0.1) is 0 Å². The number of amides is 1. The lowest BCUT2D eigenvalue weighted by molar-refractivity contribution is -0.135. The monoisotopic (exact) mass is 334 g/mol. The van der Waals surface area contributed by atoms with Crippen molar-refractivity contribution < 1.29 is 14.4 Å². The van der Waals surface area contributed by atoms with Crippen LogP contribution in [-0.2, 0) is 11.2 Å². The summed E-state index contributed by atoms with van der Waals surface area (Å²) in [6, 6.07) is 0. The van der Waals surface area contributed by atoms with Crippen LogP contribution in [0.4, 0.5) is 0 Å². The minimum absolute atomic E-state index is 0.129. The second-order valence-electron chi connectivity index (χ2n) is 7.37. The number of carbonyl (C=O) groups excluding carboxylic acids is 1. The second kappa shape index (κ2) is 7.97. The molecule has 134 valence electrons.